The summed E-state index contributed by atoms with van der Waals surface area (Å²) in [4.78, 5) is 6.20. The first-order valence-electron chi connectivity index (χ1n) is 4.77. The van der Waals surface area contributed by atoms with Crippen molar-refractivity contribution in [1.29, 1.82) is 0 Å². The van der Waals surface area contributed by atoms with Crippen LogP contribution in [-0.2, 0) is 6.54 Å². The maximum atomic E-state index is 8.86. The zero-order valence-corrected chi connectivity index (χ0v) is 8.90. The van der Waals surface area contributed by atoms with E-state index in [4.69, 9.17) is 9.63 Å². The molecular weight excluding hydrogens is 182 g/mol. The molecule has 0 aliphatic rings. The SMILES string of the molecule is Cc1nc(CN(CCO)C(C)C)no1. The van der Waals surface area contributed by atoms with Crippen molar-refractivity contribution in [3.05, 3.63) is 11.7 Å². The molecule has 5 heteroatoms. The minimum absolute atomic E-state index is 0.148. The standard InChI is InChI=1S/C9H17N3O2/c1-7(2)12(4-5-13)6-9-10-8(3)14-11-9/h7,13H,4-6H2,1-3H3. The molecule has 80 valence electrons. The van der Waals surface area contributed by atoms with Crippen LogP contribution in [0.3, 0.4) is 0 Å². The first-order chi connectivity index (χ1) is 6.63. The van der Waals surface area contributed by atoms with Crippen molar-refractivity contribution < 1.29 is 9.63 Å². The van der Waals surface area contributed by atoms with Crippen LogP contribution in [0, 0.1) is 6.92 Å². The highest BCUT2D eigenvalue weighted by Crippen LogP contribution is 2.04. The zero-order chi connectivity index (χ0) is 10.6. The summed E-state index contributed by atoms with van der Waals surface area (Å²) in [6, 6.07) is 0.362. The summed E-state index contributed by atoms with van der Waals surface area (Å²) in [5.41, 5.74) is 0. The van der Waals surface area contributed by atoms with Gasteiger partial charge in [-0.1, -0.05) is 5.16 Å². The van der Waals surface area contributed by atoms with Gasteiger partial charge in [0.15, 0.2) is 5.82 Å². The summed E-state index contributed by atoms with van der Waals surface area (Å²) < 4.78 is 4.87. The Morgan fingerprint density at radius 3 is 2.64 bits per heavy atom. The number of aromatic nitrogens is 2. The van der Waals surface area contributed by atoms with Crippen molar-refractivity contribution in [2.45, 2.75) is 33.4 Å². The Morgan fingerprint density at radius 1 is 1.50 bits per heavy atom. The Morgan fingerprint density at radius 2 is 2.21 bits per heavy atom. The van der Waals surface area contributed by atoms with E-state index in [1.54, 1.807) is 6.92 Å². The first-order valence-corrected chi connectivity index (χ1v) is 4.77. The fraction of sp³-hybridized carbons (Fsp3) is 0.778. The van der Waals surface area contributed by atoms with Crippen molar-refractivity contribution in [2.24, 2.45) is 0 Å². The molecule has 0 atom stereocenters. The summed E-state index contributed by atoms with van der Waals surface area (Å²) >= 11 is 0. The largest absolute Gasteiger partial charge is 0.395 e. The van der Waals surface area contributed by atoms with Gasteiger partial charge in [-0.05, 0) is 13.8 Å². The number of nitrogens with zero attached hydrogens (tertiary/aromatic N) is 3. The van der Waals surface area contributed by atoms with Gasteiger partial charge in [-0.3, -0.25) is 4.90 Å². The molecule has 0 aliphatic carbocycles. The fourth-order valence-electron chi connectivity index (χ4n) is 1.24. The number of aliphatic hydroxyl groups is 1. The number of aliphatic hydroxyl groups excluding tert-OH is 1. The van der Waals surface area contributed by atoms with Gasteiger partial charge in [0, 0.05) is 19.5 Å². The van der Waals surface area contributed by atoms with Gasteiger partial charge in [0.2, 0.25) is 5.89 Å². The molecule has 14 heavy (non-hydrogen) atoms. The van der Waals surface area contributed by atoms with Gasteiger partial charge in [0.25, 0.3) is 0 Å². The molecule has 0 aliphatic heterocycles. The molecule has 0 amide bonds. The van der Waals surface area contributed by atoms with Gasteiger partial charge >= 0.3 is 0 Å². The number of aryl methyl sites for hydroxylation is 1. The van der Waals surface area contributed by atoms with Gasteiger partial charge in [-0.2, -0.15) is 4.98 Å². The lowest BCUT2D eigenvalue weighted by molar-refractivity contribution is 0.155. The highest BCUT2D eigenvalue weighted by molar-refractivity contribution is 4.84. The van der Waals surface area contributed by atoms with E-state index in [1.165, 1.54) is 0 Å². The van der Waals surface area contributed by atoms with E-state index in [2.05, 4.69) is 28.9 Å². The monoisotopic (exact) mass is 199 g/mol. The lowest BCUT2D eigenvalue weighted by Crippen LogP contribution is -2.33. The van der Waals surface area contributed by atoms with Crippen LogP contribution in [0.4, 0.5) is 0 Å². The van der Waals surface area contributed by atoms with Gasteiger partial charge < -0.3 is 9.63 Å². The second-order valence-electron chi connectivity index (χ2n) is 3.52. The van der Waals surface area contributed by atoms with Crippen LogP contribution in [0.5, 0.6) is 0 Å². The van der Waals surface area contributed by atoms with Crippen molar-refractivity contribution in [1.82, 2.24) is 15.0 Å². The molecule has 0 aromatic carbocycles. The lowest BCUT2D eigenvalue weighted by atomic mass is 10.3. The van der Waals surface area contributed by atoms with E-state index in [0.717, 1.165) is 0 Å². The maximum absolute atomic E-state index is 8.86. The third-order valence-electron chi connectivity index (χ3n) is 2.03. The molecule has 1 aromatic rings. The van der Waals surface area contributed by atoms with Crippen LogP contribution >= 0.6 is 0 Å². The zero-order valence-electron chi connectivity index (χ0n) is 8.90. The Hall–Kier alpha value is -0.940. The van der Waals surface area contributed by atoms with Crippen LogP contribution in [0.25, 0.3) is 0 Å². The Bertz CT molecular complexity index is 273. The van der Waals surface area contributed by atoms with Crippen LogP contribution in [0.2, 0.25) is 0 Å². The highest BCUT2D eigenvalue weighted by atomic mass is 16.5. The average molecular weight is 199 g/mol. The summed E-state index contributed by atoms with van der Waals surface area (Å²) in [5, 5.41) is 12.7. The highest BCUT2D eigenvalue weighted by Gasteiger charge is 2.12. The Labute approximate surface area is 83.7 Å². The van der Waals surface area contributed by atoms with Gasteiger partial charge in [0.1, 0.15) is 0 Å². The first kappa shape index (κ1) is 11.1. The van der Waals surface area contributed by atoms with Crippen LogP contribution in [-0.4, -0.2) is 39.3 Å². The molecular formula is C9H17N3O2. The maximum Gasteiger partial charge on any atom is 0.223 e. The Kier molecular flexibility index (Phi) is 4.03. The Balaban J connectivity index is 2.55. The van der Waals surface area contributed by atoms with Crippen molar-refractivity contribution >= 4 is 0 Å². The molecule has 0 radical (unpaired) electrons. The number of hydrogen-bond acceptors (Lipinski definition) is 5. The van der Waals surface area contributed by atoms with Crippen molar-refractivity contribution in [2.75, 3.05) is 13.2 Å². The molecule has 0 spiro atoms. The molecule has 0 saturated heterocycles. The van der Waals surface area contributed by atoms with Gasteiger partial charge in [-0.25, -0.2) is 0 Å². The summed E-state index contributed by atoms with van der Waals surface area (Å²) in [6.45, 7) is 7.31. The molecule has 1 N–H and O–H groups in total. The van der Waals surface area contributed by atoms with Crippen LogP contribution in [0.15, 0.2) is 4.52 Å². The van der Waals surface area contributed by atoms with E-state index in [9.17, 15) is 0 Å². The molecule has 1 aromatic heterocycles. The normalized spacial score (nSPS) is 11.6. The fourth-order valence-corrected chi connectivity index (χ4v) is 1.24. The van der Waals surface area contributed by atoms with Crippen molar-refractivity contribution in [3.63, 3.8) is 0 Å². The quantitative estimate of drug-likeness (QED) is 0.751. The minimum atomic E-state index is 0.148. The number of hydrogen-bond donors (Lipinski definition) is 1. The average Bonchev–Trinajstić information content (AvgIpc) is 2.50. The predicted molar refractivity (Wildman–Crippen MR) is 51.7 cm³/mol. The molecule has 1 rings (SSSR count). The van der Waals surface area contributed by atoms with Gasteiger partial charge in [-0.15, -0.1) is 0 Å². The second kappa shape index (κ2) is 5.07. The third kappa shape index (κ3) is 3.08. The molecule has 5 nitrogen and oxygen atoms in total. The molecule has 0 fully saturated rings. The summed E-state index contributed by atoms with van der Waals surface area (Å²) in [7, 11) is 0. The van der Waals surface area contributed by atoms with E-state index in [1.807, 2.05) is 0 Å². The van der Waals surface area contributed by atoms with Gasteiger partial charge in [0.05, 0.1) is 13.2 Å². The van der Waals surface area contributed by atoms with E-state index >= 15 is 0 Å². The summed E-state index contributed by atoms with van der Waals surface area (Å²) in [5.74, 6) is 1.25. The molecule has 0 unspecified atom stereocenters. The van der Waals surface area contributed by atoms with Crippen molar-refractivity contribution in [3.8, 4) is 0 Å². The lowest BCUT2D eigenvalue weighted by Gasteiger charge is -2.23. The minimum Gasteiger partial charge on any atom is -0.395 e. The second-order valence-corrected chi connectivity index (χ2v) is 3.52. The molecule has 0 bridgehead atoms. The predicted octanol–water partition coefficient (Wildman–Crippen LogP) is 0.581. The van der Waals surface area contributed by atoms with E-state index < -0.39 is 0 Å². The number of rotatable bonds is 5. The smallest absolute Gasteiger partial charge is 0.223 e. The van der Waals surface area contributed by atoms with Crippen LogP contribution in [0.1, 0.15) is 25.6 Å². The molecule has 0 saturated carbocycles. The van der Waals surface area contributed by atoms with E-state index in [0.29, 0.717) is 30.8 Å². The molecule has 1 heterocycles. The van der Waals surface area contributed by atoms with Crippen LogP contribution < -0.4 is 0 Å². The summed E-state index contributed by atoms with van der Waals surface area (Å²) in [6.07, 6.45) is 0. The third-order valence-corrected chi connectivity index (χ3v) is 2.03. The van der Waals surface area contributed by atoms with E-state index in [-0.39, 0.29) is 6.61 Å². The topological polar surface area (TPSA) is 62.4 Å².